The van der Waals surface area contributed by atoms with Crippen LogP contribution in [0.3, 0.4) is 0 Å². The Hall–Kier alpha value is -0.940. The van der Waals surface area contributed by atoms with Crippen molar-refractivity contribution in [3.05, 3.63) is 12.2 Å². The normalized spacial score (nSPS) is 26.7. The summed E-state index contributed by atoms with van der Waals surface area (Å²) in [6.45, 7) is 0.782. The van der Waals surface area contributed by atoms with Crippen LogP contribution in [0.15, 0.2) is 10.9 Å². The topological polar surface area (TPSA) is 71.2 Å². The SMILES string of the molecule is O[C@H]1CCCC[C@@H]1NCCc1ncno1. The van der Waals surface area contributed by atoms with E-state index in [0.29, 0.717) is 5.89 Å². The molecule has 1 fully saturated rings. The minimum Gasteiger partial charge on any atom is -0.392 e. The van der Waals surface area contributed by atoms with Crippen molar-refractivity contribution in [1.29, 1.82) is 0 Å². The van der Waals surface area contributed by atoms with E-state index in [0.717, 1.165) is 32.2 Å². The minimum absolute atomic E-state index is 0.193. The zero-order valence-corrected chi connectivity index (χ0v) is 8.72. The van der Waals surface area contributed by atoms with E-state index < -0.39 is 0 Å². The third-order valence-corrected chi connectivity index (χ3v) is 2.88. The molecule has 0 bridgehead atoms. The lowest BCUT2D eigenvalue weighted by atomic mass is 9.92. The molecule has 0 aliphatic heterocycles. The average Bonchev–Trinajstić information content (AvgIpc) is 2.74. The molecule has 0 aromatic carbocycles. The second-order valence-corrected chi connectivity index (χ2v) is 4.00. The Bertz CT molecular complexity index is 276. The Morgan fingerprint density at radius 2 is 2.33 bits per heavy atom. The second kappa shape index (κ2) is 5.23. The first-order chi connectivity index (χ1) is 7.36. The van der Waals surface area contributed by atoms with E-state index in [9.17, 15) is 5.11 Å². The van der Waals surface area contributed by atoms with Gasteiger partial charge in [-0.15, -0.1) is 0 Å². The number of nitrogens with zero attached hydrogens (tertiary/aromatic N) is 2. The van der Waals surface area contributed by atoms with Gasteiger partial charge in [-0.25, -0.2) is 0 Å². The van der Waals surface area contributed by atoms with Crippen molar-refractivity contribution in [3.8, 4) is 0 Å². The van der Waals surface area contributed by atoms with Gasteiger partial charge in [-0.05, 0) is 12.8 Å². The van der Waals surface area contributed by atoms with Crippen molar-refractivity contribution in [2.75, 3.05) is 6.54 Å². The molecule has 0 spiro atoms. The molecule has 2 N–H and O–H groups in total. The molecule has 5 nitrogen and oxygen atoms in total. The van der Waals surface area contributed by atoms with Crippen LogP contribution < -0.4 is 5.32 Å². The van der Waals surface area contributed by atoms with Crippen LogP contribution in [0.4, 0.5) is 0 Å². The maximum absolute atomic E-state index is 9.71. The molecule has 2 atom stereocenters. The van der Waals surface area contributed by atoms with Gasteiger partial charge in [-0.2, -0.15) is 4.98 Å². The van der Waals surface area contributed by atoms with Crippen molar-refractivity contribution in [2.24, 2.45) is 0 Å². The molecule has 1 aromatic heterocycles. The van der Waals surface area contributed by atoms with Crippen LogP contribution in [0.2, 0.25) is 0 Å². The molecule has 2 rings (SSSR count). The quantitative estimate of drug-likeness (QED) is 0.759. The summed E-state index contributed by atoms with van der Waals surface area (Å²) in [5, 5.41) is 16.6. The van der Waals surface area contributed by atoms with Gasteiger partial charge in [0.15, 0.2) is 6.33 Å². The van der Waals surface area contributed by atoms with Gasteiger partial charge in [-0.3, -0.25) is 0 Å². The third kappa shape index (κ3) is 3.00. The van der Waals surface area contributed by atoms with Crippen LogP contribution in [0.1, 0.15) is 31.6 Å². The van der Waals surface area contributed by atoms with Crippen LogP contribution in [0.5, 0.6) is 0 Å². The molecule has 1 heterocycles. The summed E-state index contributed by atoms with van der Waals surface area (Å²) in [6, 6.07) is 0.238. The standard InChI is InChI=1S/C10H17N3O2/c14-9-4-2-1-3-8(9)11-6-5-10-12-7-13-15-10/h7-9,11,14H,1-6H2/t8-,9-/m0/s1. The lowest BCUT2D eigenvalue weighted by Crippen LogP contribution is -2.42. The van der Waals surface area contributed by atoms with Gasteiger partial charge in [0.2, 0.25) is 5.89 Å². The van der Waals surface area contributed by atoms with Crippen molar-refractivity contribution in [1.82, 2.24) is 15.5 Å². The van der Waals surface area contributed by atoms with Crippen molar-refractivity contribution >= 4 is 0 Å². The highest BCUT2D eigenvalue weighted by molar-refractivity contribution is 4.82. The summed E-state index contributed by atoms with van der Waals surface area (Å²) in [4.78, 5) is 3.94. The molecule has 5 heteroatoms. The van der Waals surface area contributed by atoms with E-state index in [2.05, 4.69) is 15.5 Å². The summed E-state index contributed by atoms with van der Waals surface area (Å²) in [5.74, 6) is 0.646. The van der Waals surface area contributed by atoms with Crippen LogP contribution in [-0.2, 0) is 6.42 Å². The monoisotopic (exact) mass is 211 g/mol. The van der Waals surface area contributed by atoms with Crippen LogP contribution >= 0.6 is 0 Å². The molecule has 0 radical (unpaired) electrons. The van der Waals surface area contributed by atoms with Crippen LogP contribution in [0, 0.1) is 0 Å². The van der Waals surface area contributed by atoms with Gasteiger partial charge >= 0.3 is 0 Å². The van der Waals surface area contributed by atoms with Crippen LogP contribution in [0.25, 0.3) is 0 Å². The zero-order chi connectivity index (χ0) is 10.5. The first-order valence-corrected chi connectivity index (χ1v) is 5.53. The first kappa shape index (κ1) is 10.6. The van der Waals surface area contributed by atoms with Crippen LogP contribution in [-0.4, -0.2) is 33.9 Å². The smallest absolute Gasteiger partial charge is 0.227 e. The number of rotatable bonds is 4. The van der Waals surface area contributed by atoms with Crippen molar-refractivity contribution in [2.45, 2.75) is 44.2 Å². The maximum atomic E-state index is 9.71. The summed E-state index contributed by atoms with van der Waals surface area (Å²) in [6.07, 6.45) is 6.26. The number of hydrogen-bond donors (Lipinski definition) is 2. The molecule has 0 unspecified atom stereocenters. The number of hydrogen-bond acceptors (Lipinski definition) is 5. The predicted octanol–water partition coefficient (Wildman–Crippen LogP) is 0.505. The molecule has 84 valence electrons. The van der Waals surface area contributed by atoms with Gasteiger partial charge in [0.25, 0.3) is 0 Å². The fourth-order valence-electron chi connectivity index (χ4n) is 2.02. The second-order valence-electron chi connectivity index (χ2n) is 4.00. The molecule has 0 amide bonds. The molecule has 1 saturated carbocycles. The summed E-state index contributed by atoms with van der Waals surface area (Å²) >= 11 is 0. The molecule has 0 saturated heterocycles. The van der Waals surface area contributed by atoms with E-state index >= 15 is 0 Å². The number of aliphatic hydroxyl groups is 1. The average molecular weight is 211 g/mol. The van der Waals surface area contributed by atoms with Gasteiger partial charge in [0.1, 0.15) is 0 Å². The highest BCUT2D eigenvalue weighted by Gasteiger charge is 2.21. The van der Waals surface area contributed by atoms with Gasteiger partial charge in [-0.1, -0.05) is 18.0 Å². The number of nitrogens with one attached hydrogen (secondary N) is 1. The highest BCUT2D eigenvalue weighted by Crippen LogP contribution is 2.18. The Balaban J connectivity index is 1.68. The van der Waals surface area contributed by atoms with E-state index in [1.54, 1.807) is 0 Å². The summed E-state index contributed by atoms with van der Waals surface area (Å²) in [5.41, 5.74) is 0. The molecule has 1 aliphatic rings. The van der Waals surface area contributed by atoms with E-state index in [4.69, 9.17) is 4.52 Å². The fourth-order valence-corrected chi connectivity index (χ4v) is 2.02. The largest absolute Gasteiger partial charge is 0.392 e. The Kier molecular flexibility index (Phi) is 3.69. The Labute approximate surface area is 88.9 Å². The van der Waals surface area contributed by atoms with Gasteiger partial charge in [0, 0.05) is 19.0 Å². The number of aromatic nitrogens is 2. The Morgan fingerprint density at radius 1 is 1.47 bits per heavy atom. The lowest BCUT2D eigenvalue weighted by molar-refractivity contribution is 0.0910. The summed E-state index contributed by atoms with van der Waals surface area (Å²) in [7, 11) is 0. The lowest BCUT2D eigenvalue weighted by Gasteiger charge is -2.28. The van der Waals surface area contributed by atoms with Gasteiger partial charge < -0.3 is 14.9 Å². The summed E-state index contributed by atoms with van der Waals surface area (Å²) < 4.78 is 4.89. The number of aliphatic hydroxyl groups excluding tert-OH is 1. The van der Waals surface area contributed by atoms with E-state index in [-0.39, 0.29) is 12.1 Å². The zero-order valence-electron chi connectivity index (χ0n) is 8.72. The fraction of sp³-hybridized carbons (Fsp3) is 0.800. The third-order valence-electron chi connectivity index (χ3n) is 2.88. The van der Waals surface area contributed by atoms with Gasteiger partial charge in [0.05, 0.1) is 6.10 Å². The van der Waals surface area contributed by atoms with E-state index in [1.807, 2.05) is 0 Å². The Morgan fingerprint density at radius 3 is 3.07 bits per heavy atom. The first-order valence-electron chi connectivity index (χ1n) is 5.53. The minimum atomic E-state index is -0.193. The molecular weight excluding hydrogens is 194 g/mol. The molecule has 1 aliphatic carbocycles. The predicted molar refractivity (Wildman–Crippen MR) is 54.3 cm³/mol. The maximum Gasteiger partial charge on any atom is 0.227 e. The highest BCUT2D eigenvalue weighted by atomic mass is 16.5. The molecular formula is C10H17N3O2. The van der Waals surface area contributed by atoms with Crippen molar-refractivity contribution < 1.29 is 9.63 Å². The van der Waals surface area contributed by atoms with E-state index in [1.165, 1.54) is 12.7 Å². The molecule has 1 aromatic rings. The van der Waals surface area contributed by atoms with Crippen molar-refractivity contribution in [3.63, 3.8) is 0 Å². The molecule has 15 heavy (non-hydrogen) atoms.